The van der Waals surface area contributed by atoms with Crippen molar-refractivity contribution in [2.45, 2.75) is 30.1 Å². The number of nitrogens with two attached hydrogens (primary N) is 1. The molecule has 160 valence electrons. The maximum atomic E-state index is 13.3. The van der Waals surface area contributed by atoms with Gasteiger partial charge < -0.3 is 11.1 Å². The molecular formula is C21H18F3N5OS. The standard InChI is InChI=1S/C21H18F3N5OS/c1-12-16(18(25)30)17(14-8-5-9-15(10-14)21(22,23)24)29-19(26-12)27-20(28-29)31-11-13-6-3-2-4-7-13/h2-10,17H,11H2,1H3,(H2,25,30)(H,26,27,28). The molecule has 1 atom stereocenters. The Morgan fingerprint density at radius 3 is 2.61 bits per heavy atom. The van der Waals surface area contributed by atoms with Crippen LogP contribution >= 0.6 is 11.8 Å². The molecule has 0 spiro atoms. The van der Waals surface area contributed by atoms with E-state index in [0.717, 1.165) is 17.7 Å². The number of alkyl halides is 3. The summed E-state index contributed by atoms with van der Waals surface area (Å²) < 4.78 is 41.2. The summed E-state index contributed by atoms with van der Waals surface area (Å²) in [6.07, 6.45) is -4.52. The number of amides is 1. The number of carbonyl (C=O) groups is 1. The Hall–Kier alpha value is -3.27. The van der Waals surface area contributed by atoms with Crippen LogP contribution < -0.4 is 11.1 Å². The second-order valence-electron chi connectivity index (χ2n) is 6.99. The van der Waals surface area contributed by atoms with Crippen LogP contribution in [0.25, 0.3) is 0 Å². The second kappa shape index (κ2) is 8.10. The number of aromatic nitrogens is 3. The molecule has 3 N–H and O–H groups in total. The molecule has 3 aromatic rings. The van der Waals surface area contributed by atoms with Gasteiger partial charge in [-0.3, -0.25) is 4.79 Å². The summed E-state index contributed by atoms with van der Waals surface area (Å²) in [4.78, 5) is 16.6. The van der Waals surface area contributed by atoms with Gasteiger partial charge in [0.15, 0.2) is 0 Å². The normalized spacial score (nSPS) is 16.1. The number of anilines is 1. The van der Waals surface area contributed by atoms with Gasteiger partial charge in [-0.25, -0.2) is 4.68 Å². The van der Waals surface area contributed by atoms with Crippen LogP contribution in [0.3, 0.4) is 0 Å². The molecule has 0 bridgehead atoms. The summed E-state index contributed by atoms with van der Waals surface area (Å²) in [5.41, 5.74) is 6.65. The molecule has 2 aromatic carbocycles. The number of rotatable bonds is 5. The Morgan fingerprint density at radius 2 is 1.94 bits per heavy atom. The van der Waals surface area contributed by atoms with E-state index in [1.807, 2.05) is 30.3 Å². The van der Waals surface area contributed by atoms with E-state index >= 15 is 0 Å². The summed E-state index contributed by atoms with van der Waals surface area (Å²) in [5, 5.41) is 7.88. The maximum absolute atomic E-state index is 13.3. The molecule has 31 heavy (non-hydrogen) atoms. The molecule has 0 saturated heterocycles. The van der Waals surface area contributed by atoms with Crippen LogP contribution in [0.4, 0.5) is 19.1 Å². The van der Waals surface area contributed by atoms with E-state index < -0.39 is 23.7 Å². The predicted octanol–water partition coefficient (Wildman–Crippen LogP) is 4.36. The van der Waals surface area contributed by atoms with Crippen LogP contribution in [-0.4, -0.2) is 20.7 Å². The minimum absolute atomic E-state index is 0.135. The van der Waals surface area contributed by atoms with E-state index in [1.54, 1.807) is 6.92 Å². The summed E-state index contributed by atoms with van der Waals surface area (Å²) >= 11 is 1.38. The zero-order valence-electron chi connectivity index (χ0n) is 16.3. The molecule has 0 radical (unpaired) electrons. The van der Waals surface area contributed by atoms with Gasteiger partial charge in [0.25, 0.3) is 0 Å². The first kappa shape index (κ1) is 21.0. The lowest BCUT2D eigenvalue weighted by atomic mass is 9.94. The van der Waals surface area contributed by atoms with E-state index in [2.05, 4.69) is 15.4 Å². The van der Waals surface area contributed by atoms with Crippen LogP contribution in [0.15, 0.2) is 71.0 Å². The van der Waals surface area contributed by atoms with Gasteiger partial charge in [-0.05, 0) is 30.2 Å². The van der Waals surface area contributed by atoms with E-state index in [1.165, 1.54) is 28.6 Å². The van der Waals surface area contributed by atoms with E-state index in [0.29, 0.717) is 22.6 Å². The topological polar surface area (TPSA) is 85.8 Å². The molecule has 6 nitrogen and oxygen atoms in total. The number of primary amides is 1. The van der Waals surface area contributed by atoms with Crippen LogP contribution in [0.5, 0.6) is 0 Å². The molecule has 0 fully saturated rings. The fraction of sp³-hybridized carbons (Fsp3) is 0.190. The smallest absolute Gasteiger partial charge is 0.366 e. The Labute approximate surface area is 180 Å². The average molecular weight is 445 g/mol. The molecule has 4 rings (SSSR count). The molecule has 1 unspecified atom stereocenters. The number of nitrogens with one attached hydrogen (secondary N) is 1. The van der Waals surface area contributed by atoms with Gasteiger partial charge in [0.2, 0.25) is 17.0 Å². The summed E-state index contributed by atoms with van der Waals surface area (Å²) in [6, 6.07) is 13.6. The van der Waals surface area contributed by atoms with E-state index in [-0.39, 0.29) is 11.1 Å². The monoisotopic (exact) mass is 445 g/mol. The average Bonchev–Trinajstić information content (AvgIpc) is 3.13. The molecule has 10 heteroatoms. The first-order valence-corrected chi connectivity index (χ1v) is 10.3. The highest BCUT2D eigenvalue weighted by Gasteiger charge is 2.36. The van der Waals surface area contributed by atoms with Gasteiger partial charge in [-0.1, -0.05) is 54.2 Å². The molecule has 2 heterocycles. The lowest BCUT2D eigenvalue weighted by molar-refractivity contribution is -0.137. The number of allylic oxidation sites excluding steroid dienone is 1. The summed E-state index contributed by atoms with van der Waals surface area (Å²) in [5.74, 6) is 0.209. The SMILES string of the molecule is CC1=C(C(N)=O)C(c2cccc(C(F)(F)F)c2)n2nc(SCc3ccccc3)nc2N1. The number of fused-ring (bicyclic) bond motifs is 1. The third-order valence-corrected chi connectivity index (χ3v) is 5.75. The summed E-state index contributed by atoms with van der Waals surface area (Å²) in [7, 11) is 0. The van der Waals surface area contributed by atoms with Crippen molar-refractivity contribution in [1.29, 1.82) is 0 Å². The quantitative estimate of drug-likeness (QED) is 0.570. The Morgan fingerprint density at radius 1 is 1.19 bits per heavy atom. The van der Waals surface area contributed by atoms with E-state index in [4.69, 9.17) is 5.73 Å². The fourth-order valence-electron chi connectivity index (χ4n) is 3.43. The zero-order valence-corrected chi connectivity index (χ0v) is 17.2. The number of thioether (sulfide) groups is 1. The minimum Gasteiger partial charge on any atom is -0.366 e. The van der Waals surface area contributed by atoms with Crippen LogP contribution in [0, 0.1) is 0 Å². The number of hydrogen-bond donors (Lipinski definition) is 2. The largest absolute Gasteiger partial charge is 0.416 e. The van der Waals surface area contributed by atoms with Gasteiger partial charge in [0, 0.05) is 11.4 Å². The van der Waals surface area contributed by atoms with Crippen molar-refractivity contribution in [2.24, 2.45) is 5.73 Å². The van der Waals surface area contributed by atoms with Crippen molar-refractivity contribution in [3.8, 4) is 0 Å². The third kappa shape index (κ3) is 4.29. The Bertz CT molecular complexity index is 1160. The first-order valence-electron chi connectivity index (χ1n) is 9.32. The molecule has 0 aliphatic carbocycles. The van der Waals surface area contributed by atoms with Crippen molar-refractivity contribution in [3.05, 3.63) is 82.6 Å². The Kier molecular flexibility index (Phi) is 5.48. The summed E-state index contributed by atoms with van der Waals surface area (Å²) in [6.45, 7) is 1.63. The van der Waals surface area contributed by atoms with Gasteiger partial charge in [0.1, 0.15) is 6.04 Å². The van der Waals surface area contributed by atoms with Gasteiger partial charge in [-0.15, -0.1) is 5.10 Å². The highest BCUT2D eigenvalue weighted by Crippen LogP contribution is 2.38. The Balaban J connectivity index is 1.73. The van der Waals surface area contributed by atoms with Crippen molar-refractivity contribution in [1.82, 2.24) is 14.8 Å². The van der Waals surface area contributed by atoms with Crippen LogP contribution in [0.1, 0.15) is 29.7 Å². The molecule has 1 aromatic heterocycles. The van der Waals surface area contributed by atoms with Crippen molar-refractivity contribution >= 4 is 23.6 Å². The van der Waals surface area contributed by atoms with E-state index in [9.17, 15) is 18.0 Å². The number of nitrogens with zero attached hydrogens (tertiary/aromatic N) is 3. The first-order chi connectivity index (χ1) is 14.7. The minimum atomic E-state index is -4.52. The maximum Gasteiger partial charge on any atom is 0.416 e. The zero-order chi connectivity index (χ0) is 22.2. The lowest BCUT2D eigenvalue weighted by Crippen LogP contribution is -2.32. The number of halogens is 3. The lowest BCUT2D eigenvalue weighted by Gasteiger charge is -2.28. The van der Waals surface area contributed by atoms with Gasteiger partial charge >= 0.3 is 6.18 Å². The molecule has 1 aliphatic heterocycles. The van der Waals surface area contributed by atoms with Gasteiger partial charge in [-0.2, -0.15) is 18.2 Å². The molecule has 0 saturated carbocycles. The van der Waals surface area contributed by atoms with Crippen molar-refractivity contribution in [3.63, 3.8) is 0 Å². The highest BCUT2D eigenvalue weighted by atomic mass is 32.2. The predicted molar refractivity (Wildman–Crippen MR) is 111 cm³/mol. The van der Waals surface area contributed by atoms with Crippen LogP contribution in [-0.2, 0) is 16.7 Å². The molecule has 1 aliphatic rings. The number of hydrogen-bond acceptors (Lipinski definition) is 5. The fourth-order valence-corrected chi connectivity index (χ4v) is 4.21. The van der Waals surface area contributed by atoms with Crippen molar-refractivity contribution < 1.29 is 18.0 Å². The number of benzene rings is 2. The van der Waals surface area contributed by atoms with Crippen molar-refractivity contribution in [2.75, 3.05) is 5.32 Å². The van der Waals surface area contributed by atoms with Gasteiger partial charge in [0.05, 0.1) is 11.1 Å². The van der Waals surface area contributed by atoms with Crippen LogP contribution in [0.2, 0.25) is 0 Å². The highest BCUT2D eigenvalue weighted by molar-refractivity contribution is 7.98. The second-order valence-corrected chi connectivity index (χ2v) is 7.93. The molecular weight excluding hydrogens is 427 g/mol. The number of carbonyl (C=O) groups excluding carboxylic acids is 1. The molecule has 1 amide bonds. The third-order valence-electron chi connectivity index (χ3n) is 4.84.